The molecule has 0 aliphatic heterocycles. The lowest BCUT2D eigenvalue weighted by molar-refractivity contribution is 0.0937. The van der Waals surface area contributed by atoms with Gasteiger partial charge in [-0.2, -0.15) is 0 Å². The van der Waals surface area contributed by atoms with Gasteiger partial charge in [-0.1, -0.05) is 41.9 Å². The van der Waals surface area contributed by atoms with Crippen molar-refractivity contribution in [1.82, 2.24) is 10.3 Å². The van der Waals surface area contributed by atoms with Crippen LogP contribution in [0.2, 0.25) is 5.02 Å². The molecule has 0 aliphatic carbocycles. The molecule has 0 aliphatic rings. The first-order chi connectivity index (χ1) is 12.6. The summed E-state index contributed by atoms with van der Waals surface area (Å²) in [5.41, 5.74) is 4.58. The van der Waals surface area contributed by atoms with Crippen LogP contribution in [0.15, 0.2) is 64.3 Å². The molecular weight excluding hydrogens is 384 g/mol. The largest absolute Gasteiger partial charge is 0.349 e. The topological polar surface area (TPSA) is 42.0 Å². The lowest BCUT2D eigenvalue weighted by Crippen LogP contribution is -2.34. The molecule has 0 spiro atoms. The minimum absolute atomic E-state index is 0.0148. The van der Waals surface area contributed by atoms with E-state index in [1.54, 1.807) is 23.1 Å². The fourth-order valence-electron chi connectivity index (χ4n) is 2.59. The van der Waals surface area contributed by atoms with Crippen LogP contribution in [0.1, 0.15) is 28.5 Å². The van der Waals surface area contributed by atoms with E-state index in [1.807, 2.05) is 66.3 Å². The summed E-state index contributed by atoms with van der Waals surface area (Å²) in [5, 5.41) is 5.84. The number of aromatic nitrogens is 1. The van der Waals surface area contributed by atoms with Crippen molar-refractivity contribution in [2.75, 3.05) is 0 Å². The Hall–Kier alpha value is -1.82. The van der Waals surface area contributed by atoms with Gasteiger partial charge in [-0.05, 0) is 37.1 Å². The first-order valence-electron chi connectivity index (χ1n) is 8.26. The summed E-state index contributed by atoms with van der Waals surface area (Å²) in [7, 11) is 0. The number of thioether (sulfide) groups is 1. The van der Waals surface area contributed by atoms with E-state index in [9.17, 15) is 4.79 Å². The van der Waals surface area contributed by atoms with Gasteiger partial charge in [0.2, 0.25) is 0 Å². The number of halogens is 1. The van der Waals surface area contributed by atoms with E-state index in [4.69, 9.17) is 11.6 Å². The van der Waals surface area contributed by atoms with Crippen LogP contribution in [0, 0.1) is 0 Å². The van der Waals surface area contributed by atoms with Gasteiger partial charge in [-0.3, -0.25) is 4.79 Å². The van der Waals surface area contributed by atoms with Crippen molar-refractivity contribution in [3.8, 4) is 0 Å². The number of thiazole rings is 1. The Morgan fingerprint density at radius 1 is 1.23 bits per heavy atom. The molecule has 0 unspecified atom stereocenters. The van der Waals surface area contributed by atoms with E-state index in [0.717, 1.165) is 26.9 Å². The molecular formula is C20H19ClN2OS2. The average molecular weight is 403 g/mol. The maximum Gasteiger partial charge on any atom is 0.252 e. The first kappa shape index (κ1) is 19.0. The fraction of sp³-hybridized carbons (Fsp3) is 0.200. The number of benzene rings is 2. The zero-order chi connectivity index (χ0) is 18.4. The van der Waals surface area contributed by atoms with Gasteiger partial charge in [0.25, 0.3) is 5.91 Å². The zero-order valence-electron chi connectivity index (χ0n) is 14.3. The summed E-state index contributed by atoms with van der Waals surface area (Å²) < 4.78 is 0. The van der Waals surface area contributed by atoms with Crippen LogP contribution in [-0.2, 0) is 12.2 Å². The van der Waals surface area contributed by atoms with Crippen LogP contribution in [0.5, 0.6) is 0 Å². The van der Waals surface area contributed by atoms with Crippen molar-refractivity contribution < 1.29 is 4.79 Å². The molecule has 1 heterocycles. The van der Waals surface area contributed by atoms with E-state index < -0.39 is 0 Å². The van der Waals surface area contributed by atoms with E-state index in [1.165, 1.54) is 0 Å². The summed E-state index contributed by atoms with van der Waals surface area (Å²) in [6.07, 6.45) is 0.694. The molecule has 6 heteroatoms. The van der Waals surface area contributed by atoms with Gasteiger partial charge in [0.05, 0.1) is 16.8 Å². The molecule has 3 aromatic rings. The maximum absolute atomic E-state index is 12.7. The minimum Gasteiger partial charge on any atom is -0.349 e. The van der Waals surface area contributed by atoms with Crippen molar-refractivity contribution in [2.24, 2.45) is 0 Å². The second kappa shape index (κ2) is 9.21. The molecule has 0 saturated heterocycles. The summed E-state index contributed by atoms with van der Waals surface area (Å²) in [6, 6.07) is 15.4. The quantitative estimate of drug-likeness (QED) is 0.534. The molecule has 3 nitrogen and oxygen atoms in total. The second-order valence-corrected chi connectivity index (χ2v) is 8.08. The third-order valence-electron chi connectivity index (χ3n) is 3.85. The van der Waals surface area contributed by atoms with Crippen LogP contribution in [0.3, 0.4) is 0 Å². The Morgan fingerprint density at radius 3 is 2.77 bits per heavy atom. The molecule has 1 aromatic heterocycles. The monoisotopic (exact) mass is 402 g/mol. The average Bonchev–Trinajstić information content (AvgIpc) is 3.15. The van der Waals surface area contributed by atoms with Gasteiger partial charge < -0.3 is 5.32 Å². The molecule has 26 heavy (non-hydrogen) atoms. The standard InChI is InChI=1S/C20H19ClN2OS2/c1-14(10-15-6-2-4-8-18(15)21)23-20(24)17-7-3-5-9-19(17)26-12-16-11-25-13-22-16/h2-9,11,13-14H,10,12H2,1H3,(H,23,24)/t14-/m0/s1. The van der Waals surface area contributed by atoms with E-state index in [2.05, 4.69) is 10.3 Å². The first-order valence-corrected chi connectivity index (χ1v) is 10.6. The molecule has 0 saturated carbocycles. The van der Waals surface area contributed by atoms with Gasteiger partial charge in [0.1, 0.15) is 0 Å². The second-order valence-electron chi connectivity index (χ2n) is 5.93. The van der Waals surface area contributed by atoms with Crippen LogP contribution in [0.4, 0.5) is 0 Å². The van der Waals surface area contributed by atoms with Crippen molar-refractivity contribution in [1.29, 1.82) is 0 Å². The number of carbonyl (C=O) groups excluding carboxylic acids is 1. The number of rotatable bonds is 7. The number of hydrogen-bond acceptors (Lipinski definition) is 4. The Balaban J connectivity index is 1.64. The summed E-state index contributed by atoms with van der Waals surface area (Å²) in [4.78, 5) is 18.0. The molecule has 1 amide bonds. The van der Waals surface area contributed by atoms with Gasteiger partial charge in [0.15, 0.2) is 0 Å². The molecule has 134 valence electrons. The fourth-order valence-corrected chi connectivity index (χ4v) is 4.42. The maximum atomic E-state index is 12.7. The minimum atomic E-state index is -0.0640. The molecule has 3 rings (SSSR count). The summed E-state index contributed by atoms with van der Waals surface area (Å²) in [5.74, 6) is 0.689. The zero-order valence-corrected chi connectivity index (χ0v) is 16.7. The van der Waals surface area contributed by atoms with Crippen molar-refractivity contribution in [2.45, 2.75) is 30.0 Å². The normalized spacial score (nSPS) is 11.9. The Morgan fingerprint density at radius 2 is 2.00 bits per heavy atom. The van der Waals surface area contributed by atoms with Crippen LogP contribution in [-0.4, -0.2) is 16.9 Å². The highest BCUT2D eigenvalue weighted by molar-refractivity contribution is 7.98. The van der Waals surface area contributed by atoms with Crippen molar-refractivity contribution >= 4 is 40.6 Å². The SMILES string of the molecule is C[C@@H](Cc1ccccc1Cl)NC(=O)c1ccccc1SCc1cscn1. The van der Waals surface area contributed by atoms with E-state index in [-0.39, 0.29) is 11.9 Å². The number of nitrogens with zero attached hydrogens (tertiary/aromatic N) is 1. The van der Waals surface area contributed by atoms with Gasteiger partial charge in [0, 0.05) is 27.1 Å². The molecule has 0 bridgehead atoms. The lowest BCUT2D eigenvalue weighted by atomic mass is 10.1. The van der Waals surface area contributed by atoms with Gasteiger partial charge in [-0.15, -0.1) is 23.1 Å². The molecule has 1 atom stereocenters. The van der Waals surface area contributed by atoms with Crippen LogP contribution in [0.25, 0.3) is 0 Å². The predicted molar refractivity (Wildman–Crippen MR) is 110 cm³/mol. The third kappa shape index (κ3) is 5.10. The highest BCUT2D eigenvalue weighted by Gasteiger charge is 2.15. The van der Waals surface area contributed by atoms with E-state index in [0.29, 0.717) is 12.0 Å². The molecule has 0 radical (unpaired) electrons. The van der Waals surface area contributed by atoms with Gasteiger partial charge in [-0.25, -0.2) is 4.98 Å². The Kier molecular flexibility index (Phi) is 6.72. The summed E-state index contributed by atoms with van der Waals surface area (Å²) >= 11 is 9.43. The predicted octanol–water partition coefficient (Wildman–Crippen LogP) is 5.45. The number of carbonyl (C=O) groups is 1. The number of amides is 1. The number of hydrogen-bond donors (Lipinski definition) is 1. The Labute approximate surface area is 166 Å². The Bertz CT molecular complexity index is 868. The summed E-state index contributed by atoms with van der Waals surface area (Å²) in [6.45, 7) is 1.99. The van der Waals surface area contributed by atoms with Crippen molar-refractivity contribution in [3.05, 3.63) is 81.3 Å². The molecule has 2 aromatic carbocycles. The third-order valence-corrected chi connectivity index (χ3v) is 5.96. The molecule has 0 fully saturated rings. The van der Waals surface area contributed by atoms with E-state index >= 15 is 0 Å². The number of nitrogens with one attached hydrogen (secondary N) is 1. The smallest absolute Gasteiger partial charge is 0.252 e. The van der Waals surface area contributed by atoms with Crippen LogP contribution < -0.4 is 5.32 Å². The van der Waals surface area contributed by atoms with Gasteiger partial charge >= 0.3 is 0 Å². The highest BCUT2D eigenvalue weighted by atomic mass is 35.5. The van der Waals surface area contributed by atoms with Crippen molar-refractivity contribution in [3.63, 3.8) is 0 Å². The highest BCUT2D eigenvalue weighted by Crippen LogP contribution is 2.26. The van der Waals surface area contributed by atoms with Crippen LogP contribution >= 0.6 is 34.7 Å². The lowest BCUT2D eigenvalue weighted by Gasteiger charge is -2.16. The molecule has 1 N–H and O–H groups in total.